The molecule has 114 valence electrons. The van der Waals surface area contributed by atoms with Crippen LogP contribution in [-0.4, -0.2) is 29.0 Å². The van der Waals surface area contributed by atoms with Gasteiger partial charge in [-0.25, -0.2) is 0 Å². The highest BCUT2D eigenvalue weighted by Gasteiger charge is 2.13. The number of rotatable bonds is 8. The Morgan fingerprint density at radius 1 is 1.24 bits per heavy atom. The molecule has 0 aliphatic carbocycles. The molecular weight excluding hydrogens is 282 g/mol. The molecular formula is C16H23N3OS. The minimum absolute atomic E-state index is 0.400. The van der Waals surface area contributed by atoms with Crippen molar-refractivity contribution < 1.29 is 4.52 Å². The minimum Gasteiger partial charge on any atom is -0.339 e. The minimum atomic E-state index is 0.400. The first kappa shape index (κ1) is 16.0. The van der Waals surface area contributed by atoms with E-state index >= 15 is 0 Å². The molecule has 1 atom stereocenters. The molecule has 4 nitrogen and oxygen atoms in total. The standard InChI is InChI=1S/C16H23N3OS/c1-4-10-17-13(5-2)11-15-18-16(19-20-15)12-6-8-14(21-3)9-7-12/h6-9,13,17H,4-5,10-11H2,1-3H3. The van der Waals surface area contributed by atoms with Gasteiger partial charge in [-0.2, -0.15) is 4.98 Å². The second-order valence-electron chi connectivity index (χ2n) is 5.00. The summed E-state index contributed by atoms with van der Waals surface area (Å²) >= 11 is 1.72. The summed E-state index contributed by atoms with van der Waals surface area (Å²) in [7, 11) is 0. The van der Waals surface area contributed by atoms with Gasteiger partial charge in [0, 0.05) is 22.9 Å². The number of benzene rings is 1. The molecule has 2 rings (SSSR count). The highest BCUT2D eigenvalue weighted by atomic mass is 32.2. The van der Waals surface area contributed by atoms with Crippen molar-refractivity contribution in [1.29, 1.82) is 0 Å². The van der Waals surface area contributed by atoms with E-state index in [1.807, 2.05) is 12.1 Å². The summed E-state index contributed by atoms with van der Waals surface area (Å²) in [5.74, 6) is 1.37. The summed E-state index contributed by atoms with van der Waals surface area (Å²) in [6.45, 7) is 5.37. The Morgan fingerprint density at radius 3 is 2.62 bits per heavy atom. The monoisotopic (exact) mass is 305 g/mol. The smallest absolute Gasteiger partial charge is 0.228 e. The lowest BCUT2D eigenvalue weighted by atomic mass is 10.1. The number of nitrogens with zero attached hydrogens (tertiary/aromatic N) is 2. The van der Waals surface area contributed by atoms with Gasteiger partial charge in [-0.1, -0.05) is 19.0 Å². The largest absolute Gasteiger partial charge is 0.339 e. The van der Waals surface area contributed by atoms with Gasteiger partial charge in [0.1, 0.15) is 0 Å². The van der Waals surface area contributed by atoms with Gasteiger partial charge in [0.2, 0.25) is 11.7 Å². The first-order chi connectivity index (χ1) is 10.3. The average Bonchev–Trinajstić information content (AvgIpc) is 3.00. The second kappa shape index (κ2) is 8.20. The Kier molecular flexibility index (Phi) is 6.26. The molecule has 1 aromatic carbocycles. The van der Waals surface area contributed by atoms with Crippen molar-refractivity contribution in [3.8, 4) is 11.4 Å². The van der Waals surface area contributed by atoms with E-state index in [9.17, 15) is 0 Å². The molecule has 1 aromatic heterocycles. The normalized spacial score (nSPS) is 12.5. The third kappa shape index (κ3) is 4.58. The van der Waals surface area contributed by atoms with Crippen LogP contribution in [-0.2, 0) is 6.42 Å². The van der Waals surface area contributed by atoms with E-state index in [2.05, 4.69) is 47.7 Å². The fourth-order valence-corrected chi connectivity index (χ4v) is 2.52. The van der Waals surface area contributed by atoms with Crippen LogP contribution in [0.5, 0.6) is 0 Å². The fourth-order valence-electron chi connectivity index (χ4n) is 2.12. The highest BCUT2D eigenvalue weighted by Crippen LogP contribution is 2.21. The van der Waals surface area contributed by atoms with E-state index in [-0.39, 0.29) is 0 Å². The van der Waals surface area contributed by atoms with Crippen LogP contribution < -0.4 is 5.32 Å². The van der Waals surface area contributed by atoms with E-state index < -0.39 is 0 Å². The molecule has 1 N–H and O–H groups in total. The zero-order chi connectivity index (χ0) is 15.1. The zero-order valence-corrected chi connectivity index (χ0v) is 13.7. The van der Waals surface area contributed by atoms with Crippen LogP contribution in [0.15, 0.2) is 33.7 Å². The predicted molar refractivity (Wildman–Crippen MR) is 87.6 cm³/mol. The van der Waals surface area contributed by atoms with Crippen molar-refractivity contribution in [3.63, 3.8) is 0 Å². The average molecular weight is 305 g/mol. The molecule has 0 bridgehead atoms. The van der Waals surface area contributed by atoms with Crippen LogP contribution in [0.25, 0.3) is 11.4 Å². The van der Waals surface area contributed by atoms with Crippen molar-refractivity contribution >= 4 is 11.8 Å². The van der Waals surface area contributed by atoms with Gasteiger partial charge in [-0.15, -0.1) is 11.8 Å². The second-order valence-corrected chi connectivity index (χ2v) is 5.88. The van der Waals surface area contributed by atoms with Crippen LogP contribution in [0.2, 0.25) is 0 Å². The number of hydrogen-bond donors (Lipinski definition) is 1. The summed E-state index contributed by atoms with van der Waals surface area (Å²) in [6.07, 6.45) is 5.04. The lowest BCUT2D eigenvalue weighted by Crippen LogP contribution is -2.31. The number of thioether (sulfide) groups is 1. The molecule has 0 fully saturated rings. The third-order valence-corrected chi connectivity index (χ3v) is 4.16. The van der Waals surface area contributed by atoms with Crippen LogP contribution in [0.3, 0.4) is 0 Å². The lowest BCUT2D eigenvalue weighted by molar-refractivity contribution is 0.354. The van der Waals surface area contributed by atoms with E-state index in [0.29, 0.717) is 17.8 Å². The zero-order valence-electron chi connectivity index (χ0n) is 12.9. The van der Waals surface area contributed by atoms with Gasteiger partial charge in [-0.3, -0.25) is 0 Å². The van der Waals surface area contributed by atoms with E-state index in [4.69, 9.17) is 4.52 Å². The molecule has 0 amide bonds. The van der Waals surface area contributed by atoms with Gasteiger partial charge < -0.3 is 9.84 Å². The Hall–Kier alpha value is -1.33. The molecule has 5 heteroatoms. The molecule has 1 unspecified atom stereocenters. The van der Waals surface area contributed by atoms with Gasteiger partial charge in [0.15, 0.2) is 0 Å². The Balaban J connectivity index is 2.02. The first-order valence-corrected chi connectivity index (χ1v) is 8.69. The number of aromatic nitrogens is 2. The van der Waals surface area contributed by atoms with Crippen LogP contribution in [0.4, 0.5) is 0 Å². The van der Waals surface area contributed by atoms with Crippen molar-refractivity contribution in [2.75, 3.05) is 12.8 Å². The lowest BCUT2D eigenvalue weighted by Gasteiger charge is -2.13. The summed E-state index contributed by atoms with van der Waals surface area (Å²) in [5.41, 5.74) is 0.998. The quantitative estimate of drug-likeness (QED) is 0.752. The van der Waals surface area contributed by atoms with Crippen molar-refractivity contribution in [1.82, 2.24) is 15.5 Å². The van der Waals surface area contributed by atoms with Gasteiger partial charge >= 0.3 is 0 Å². The first-order valence-electron chi connectivity index (χ1n) is 7.47. The maximum atomic E-state index is 5.38. The molecule has 0 aliphatic rings. The van der Waals surface area contributed by atoms with Gasteiger partial charge in [0.25, 0.3) is 0 Å². The van der Waals surface area contributed by atoms with Crippen molar-refractivity contribution in [3.05, 3.63) is 30.2 Å². The molecule has 0 radical (unpaired) electrons. The summed E-state index contributed by atoms with van der Waals surface area (Å²) < 4.78 is 5.38. The van der Waals surface area contributed by atoms with Crippen LogP contribution >= 0.6 is 11.8 Å². The molecule has 0 spiro atoms. The summed E-state index contributed by atoms with van der Waals surface area (Å²) in [5, 5.41) is 7.59. The number of nitrogens with one attached hydrogen (secondary N) is 1. The van der Waals surface area contributed by atoms with E-state index in [1.165, 1.54) is 4.90 Å². The van der Waals surface area contributed by atoms with Crippen LogP contribution in [0.1, 0.15) is 32.6 Å². The predicted octanol–water partition coefficient (Wildman–Crippen LogP) is 3.78. The van der Waals surface area contributed by atoms with E-state index in [1.54, 1.807) is 11.8 Å². The summed E-state index contributed by atoms with van der Waals surface area (Å²) in [6, 6.07) is 8.62. The molecule has 2 aromatic rings. The molecule has 0 saturated heterocycles. The summed E-state index contributed by atoms with van der Waals surface area (Å²) in [4.78, 5) is 5.74. The topological polar surface area (TPSA) is 51.0 Å². The fraction of sp³-hybridized carbons (Fsp3) is 0.500. The third-order valence-electron chi connectivity index (χ3n) is 3.41. The van der Waals surface area contributed by atoms with E-state index in [0.717, 1.165) is 31.4 Å². The highest BCUT2D eigenvalue weighted by molar-refractivity contribution is 7.98. The Bertz CT molecular complexity index is 539. The molecule has 0 aliphatic heterocycles. The van der Waals surface area contributed by atoms with Gasteiger partial charge in [0.05, 0.1) is 0 Å². The SMILES string of the molecule is CCCNC(CC)Cc1nc(-c2ccc(SC)cc2)no1. The van der Waals surface area contributed by atoms with Gasteiger partial charge in [-0.05, 0) is 49.9 Å². The molecule has 1 heterocycles. The van der Waals surface area contributed by atoms with Crippen LogP contribution in [0, 0.1) is 0 Å². The Labute approximate surface area is 130 Å². The van der Waals surface area contributed by atoms with Crippen molar-refractivity contribution in [2.45, 2.75) is 44.0 Å². The molecule has 0 saturated carbocycles. The van der Waals surface area contributed by atoms with Crippen molar-refractivity contribution in [2.24, 2.45) is 0 Å². The number of hydrogen-bond acceptors (Lipinski definition) is 5. The maximum Gasteiger partial charge on any atom is 0.228 e. The molecule has 21 heavy (non-hydrogen) atoms. The Morgan fingerprint density at radius 2 is 2.00 bits per heavy atom. The maximum absolute atomic E-state index is 5.38.